The minimum Gasteiger partial charge on any atom is -0.479 e. The SMILES string of the molecule is COc1ncncc1-n1cc(N(C)C(C)=O)c(Cl)n1. The van der Waals surface area contributed by atoms with Gasteiger partial charge in [-0.1, -0.05) is 11.6 Å². The summed E-state index contributed by atoms with van der Waals surface area (Å²) in [7, 11) is 3.12. The predicted molar refractivity (Wildman–Crippen MR) is 69.8 cm³/mol. The van der Waals surface area contributed by atoms with Gasteiger partial charge in [-0.2, -0.15) is 10.1 Å². The van der Waals surface area contributed by atoms with Gasteiger partial charge in [0.15, 0.2) is 5.15 Å². The van der Waals surface area contributed by atoms with Crippen LogP contribution < -0.4 is 9.64 Å². The molecule has 0 atom stereocenters. The van der Waals surface area contributed by atoms with E-state index in [2.05, 4.69) is 15.1 Å². The summed E-state index contributed by atoms with van der Waals surface area (Å²) in [5.74, 6) is 0.226. The monoisotopic (exact) mass is 281 g/mol. The lowest BCUT2D eigenvalue weighted by molar-refractivity contribution is -0.116. The molecule has 1 amide bonds. The summed E-state index contributed by atoms with van der Waals surface area (Å²) in [4.78, 5) is 20.6. The Morgan fingerprint density at radius 2 is 2.26 bits per heavy atom. The zero-order valence-corrected chi connectivity index (χ0v) is 11.4. The largest absolute Gasteiger partial charge is 0.479 e. The summed E-state index contributed by atoms with van der Waals surface area (Å²) in [5, 5.41) is 4.33. The highest BCUT2D eigenvalue weighted by Gasteiger charge is 2.17. The average molecular weight is 282 g/mol. The number of nitrogens with zero attached hydrogens (tertiary/aromatic N) is 5. The molecule has 0 saturated heterocycles. The lowest BCUT2D eigenvalue weighted by atomic mass is 10.4. The lowest BCUT2D eigenvalue weighted by Gasteiger charge is -2.11. The first-order chi connectivity index (χ1) is 9.04. The van der Waals surface area contributed by atoms with Crippen molar-refractivity contribution in [2.45, 2.75) is 6.92 Å². The molecule has 8 heteroatoms. The number of halogens is 1. The summed E-state index contributed by atoms with van der Waals surface area (Å²) in [5.41, 5.74) is 1.04. The molecule has 0 aliphatic carbocycles. The molecule has 7 nitrogen and oxygen atoms in total. The minimum absolute atomic E-state index is 0.141. The maximum Gasteiger partial charge on any atom is 0.242 e. The van der Waals surface area contributed by atoms with Crippen molar-refractivity contribution in [1.29, 1.82) is 0 Å². The first-order valence-electron chi connectivity index (χ1n) is 5.38. The van der Waals surface area contributed by atoms with Crippen molar-refractivity contribution in [3.8, 4) is 11.6 Å². The molecular weight excluding hydrogens is 270 g/mol. The van der Waals surface area contributed by atoms with E-state index in [-0.39, 0.29) is 11.1 Å². The Morgan fingerprint density at radius 3 is 2.89 bits per heavy atom. The Balaban J connectivity index is 2.48. The average Bonchev–Trinajstić information content (AvgIpc) is 2.79. The number of methoxy groups -OCH3 is 1. The van der Waals surface area contributed by atoms with E-state index in [4.69, 9.17) is 16.3 Å². The van der Waals surface area contributed by atoms with Crippen LogP contribution in [-0.4, -0.2) is 39.8 Å². The Bertz CT molecular complexity index is 613. The molecule has 0 radical (unpaired) electrons. The highest BCUT2D eigenvalue weighted by molar-refractivity contribution is 6.32. The van der Waals surface area contributed by atoms with Gasteiger partial charge in [0.25, 0.3) is 0 Å². The van der Waals surface area contributed by atoms with Gasteiger partial charge in [0.2, 0.25) is 11.8 Å². The molecule has 2 rings (SSSR count). The van der Waals surface area contributed by atoms with Crippen LogP contribution in [0.3, 0.4) is 0 Å². The molecule has 0 aliphatic heterocycles. The number of aromatic nitrogens is 4. The molecule has 2 heterocycles. The minimum atomic E-state index is -0.141. The third kappa shape index (κ3) is 2.50. The van der Waals surface area contributed by atoms with Crippen LogP contribution >= 0.6 is 11.6 Å². The van der Waals surface area contributed by atoms with Crippen LogP contribution in [-0.2, 0) is 4.79 Å². The maximum absolute atomic E-state index is 11.3. The molecule has 0 bridgehead atoms. The van der Waals surface area contributed by atoms with Crippen LogP contribution in [0, 0.1) is 0 Å². The fourth-order valence-electron chi connectivity index (χ4n) is 1.49. The first kappa shape index (κ1) is 13.3. The molecule has 0 aliphatic rings. The molecule has 2 aromatic heterocycles. The zero-order chi connectivity index (χ0) is 14.0. The fourth-order valence-corrected chi connectivity index (χ4v) is 1.74. The van der Waals surface area contributed by atoms with E-state index in [1.807, 2.05) is 0 Å². The highest BCUT2D eigenvalue weighted by atomic mass is 35.5. The number of anilines is 1. The van der Waals surface area contributed by atoms with Crippen molar-refractivity contribution in [2.75, 3.05) is 19.1 Å². The van der Waals surface area contributed by atoms with Crippen LogP contribution in [0.4, 0.5) is 5.69 Å². The fraction of sp³-hybridized carbons (Fsp3) is 0.273. The standard InChI is InChI=1S/C11H12ClN5O2/c1-7(18)16(2)9-5-17(15-10(9)12)8-4-13-6-14-11(8)19-3/h4-6H,1-3H3. The topological polar surface area (TPSA) is 73.1 Å². The van der Waals surface area contributed by atoms with Crippen molar-refractivity contribution >= 4 is 23.2 Å². The quantitative estimate of drug-likeness (QED) is 0.848. The van der Waals surface area contributed by atoms with Gasteiger partial charge in [-0.05, 0) is 0 Å². The molecule has 0 spiro atoms. The summed E-state index contributed by atoms with van der Waals surface area (Å²) < 4.78 is 6.59. The van der Waals surface area contributed by atoms with Crippen LogP contribution in [0.1, 0.15) is 6.92 Å². The molecule has 0 aromatic carbocycles. The maximum atomic E-state index is 11.3. The van der Waals surface area contributed by atoms with Crippen molar-refractivity contribution in [1.82, 2.24) is 19.7 Å². The number of rotatable bonds is 3. The Morgan fingerprint density at radius 1 is 1.53 bits per heavy atom. The van der Waals surface area contributed by atoms with Crippen molar-refractivity contribution < 1.29 is 9.53 Å². The second-order valence-electron chi connectivity index (χ2n) is 3.75. The van der Waals surface area contributed by atoms with Gasteiger partial charge < -0.3 is 9.64 Å². The van der Waals surface area contributed by atoms with Crippen molar-refractivity contribution in [3.63, 3.8) is 0 Å². The third-order valence-corrected chi connectivity index (χ3v) is 2.85. The zero-order valence-electron chi connectivity index (χ0n) is 10.7. The number of carbonyl (C=O) groups is 1. The lowest BCUT2D eigenvalue weighted by Crippen LogP contribution is -2.22. The summed E-state index contributed by atoms with van der Waals surface area (Å²) in [6, 6.07) is 0. The van der Waals surface area contributed by atoms with Crippen molar-refractivity contribution in [2.24, 2.45) is 0 Å². The third-order valence-electron chi connectivity index (χ3n) is 2.58. The van der Waals surface area contributed by atoms with Gasteiger partial charge in [-0.3, -0.25) is 4.79 Å². The van der Waals surface area contributed by atoms with Gasteiger partial charge in [-0.15, -0.1) is 0 Å². The number of amides is 1. The van der Waals surface area contributed by atoms with E-state index in [0.29, 0.717) is 17.3 Å². The van der Waals surface area contributed by atoms with Crippen LogP contribution in [0.5, 0.6) is 5.88 Å². The number of hydrogen-bond acceptors (Lipinski definition) is 5. The first-order valence-corrected chi connectivity index (χ1v) is 5.76. The molecule has 0 fully saturated rings. The van der Waals surface area contributed by atoms with Gasteiger partial charge in [0, 0.05) is 14.0 Å². The van der Waals surface area contributed by atoms with E-state index in [1.165, 1.54) is 29.9 Å². The number of hydrogen-bond donors (Lipinski definition) is 0. The van der Waals surface area contributed by atoms with Gasteiger partial charge in [-0.25, -0.2) is 9.67 Å². The Hall–Kier alpha value is -2.15. The van der Waals surface area contributed by atoms with Gasteiger partial charge in [0.05, 0.1) is 19.5 Å². The highest BCUT2D eigenvalue weighted by Crippen LogP contribution is 2.27. The predicted octanol–water partition coefficient (Wildman–Crippen LogP) is 1.31. The van der Waals surface area contributed by atoms with E-state index in [0.717, 1.165) is 0 Å². The molecular formula is C11H12ClN5O2. The van der Waals surface area contributed by atoms with Gasteiger partial charge in [0.1, 0.15) is 17.7 Å². The summed E-state index contributed by atoms with van der Waals surface area (Å²) in [6.07, 6.45) is 4.54. The molecule has 100 valence electrons. The molecule has 2 aromatic rings. The van der Waals surface area contributed by atoms with E-state index < -0.39 is 0 Å². The number of ether oxygens (including phenoxy) is 1. The smallest absolute Gasteiger partial charge is 0.242 e. The second kappa shape index (κ2) is 5.23. The summed E-state index contributed by atoms with van der Waals surface area (Å²) in [6.45, 7) is 1.44. The number of carbonyl (C=O) groups excluding carboxylic acids is 1. The normalized spacial score (nSPS) is 10.3. The summed E-state index contributed by atoms with van der Waals surface area (Å²) >= 11 is 6.02. The second-order valence-corrected chi connectivity index (χ2v) is 4.10. The Labute approximate surface area is 114 Å². The molecule has 19 heavy (non-hydrogen) atoms. The van der Waals surface area contributed by atoms with Crippen LogP contribution in [0.25, 0.3) is 5.69 Å². The van der Waals surface area contributed by atoms with E-state index >= 15 is 0 Å². The Kier molecular flexibility index (Phi) is 3.66. The van der Waals surface area contributed by atoms with Crippen LogP contribution in [0.2, 0.25) is 5.15 Å². The molecule has 0 unspecified atom stereocenters. The van der Waals surface area contributed by atoms with E-state index in [1.54, 1.807) is 19.4 Å². The van der Waals surface area contributed by atoms with Crippen LogP contribution in [0.15, 0.2) is 18.7 Å². The van der Waals surface area contributed by atoms with E-state index in [9.17, 15) is 4.79 Å². The molecule has 0 saturated carbocycles. The van der Waals surface area contributed by atoms with Gasteiger partial charge >= 0.3 is 0 Å². The molecule has 0 N–H and O–H groups in total. The van der Waals surface area contributed by atoms with Crippen molar-refractivity contribution in [3.05, 3.63) is 23.9 Å².